The highest BCUT2D eigenvalue weighted by molar-refractivity contribution is 6.37. The van der Waals surface area contributed by atoms with E-state index in [9.17, 15) is 18.0 Å². The van der Waals surface area contributed by atoms with E-state index < -0.39 is 6.36 Å². The number of nitrogen functional groups attached to an aromatic ring is 1. The van der Waals surface area contributed by atoms with Crippen LogP contribution in [-0.4, -0.2) is 10.9 Å². The van der Waals surface area contributed by atoms with Crippen molar-refractivity contribution in [1.29, 1.82) is 0 Å². The fourth-order valence-corrected chi connectivity index (χ4v) is 3.11. The van der Waals surface area contributed by atoms with Crippen molar-refractivity contribution in [3.63, 3.8) is 0 Å². The molecule has 2 aromatic carbocycles. The Labute approximate surface area is 178 Å². The summed E-state index contributed by atoms with van der Waals surface area (Å²) >= 11 is 12.3. The van der Waals surface area contributed by atoms with Gasteiger partial charge in [0, 0.05) is 6.07 Å². The van der Waals surface area contributed by atoms with Gasteiger partial charge in [-0.05, 0) is 35.9 Å². The molecule has 3 rings (SSSR count). The van der Waals surface area contributed by atoms with Gasteiger partial charge in [0.05, 0.1) is 28.5 Å². The Bertz CT molecular complexity index is 1080. The minimum absolute atomic E-state index is 0.0971. The van der Waals surface area contributed by atoms with Crippen molar-refractivity contribution < 1.29 is 22.6 Å². The van der Waals surface area contributed by atoms with E-state index in [1.807, 2.05) is 0 Å². The maximum Gasteiger partial charge on any atom is 0.573 e. The molecule has 6 nitrogen and oxygen atoms in total. The number of aromatic nitrogens is 1. The van der Waals surface area contributed by atoms with E-state index in [-0.39, 0.29) is 39.4 Å². The maximum absolute atomic E-state index is 12.3. The van der Waals surface area contributed by atoms with Gasteiger partial charge < -0.3 is 19.5 Å². The third-order valence-corrected chi connectivity index (χ3v) is 4.41. The van der Waals surface area contributed by atoms with Crippen LogP contribution >= 0.6 is 23.2 Å². The largest absolute Gasteiger partial charge is 0.573 e. The second-order valence-corrected chi connectivity index (χ2v) is 6.85. The molecule has 0 saturated carbocycles. The van der Waals surface area contributed by atoms with Gasteiger partial charge in [0.1, 0.15) is 11.5 Å². The third-order valence-electron chi connectivity index (χ3n) is 3.85. The lowest BCUT2D eigenvalue weighted by Gasteiger charge is -2.13. The first kappa shape index (κ1) is 21.8. The van der Waals surface area contributed by atoms with Crippen molar-refractivity contribution in [1.82, 2.24) is 4.57 Å². The van der Waals surface area contributed by atoms with Crippen LogP contribution < -0.4 is 26.3 Å². The molecular formula is C19H14Cl2F3N3O3. The number of ether oxygens (including phenoxy) is 2. The van der Waals surface area contributed by atoms with Crippen LogP contribution in [0.2, 0.25) is 10.0 Å². The quantitative estimate of drug-likeness (QED) is 0.392. The molecule has 11 heteroatoms. The Morgan fingerprint density at radius 3 is 2.17 bits per heavy atom. The molecule has 0 atom stereocenters. The summed E-state index contributed by atoms with van der Waals surface area (Å²) in [7, 11) is 0. The number of nitrogens with zero attached hydrogens (tertiary/aromatic N) is 1. The second kappa shape index (κ2) is 8.86. The minimum atomic E-state index is -4.77. The van der Waals surface area contributed by atoms with Gasteiger partial charge in [-0.25, -0.2) is 0 Å². The molecule has 0 saturated heterocycles. The van der Waals surface area contributed by atoms with Crippen LogP contribution in [0.25, 0.3) is 0 Å². The summed E-state index contributed by atoms with van der Waals surface area (Å²) in [5.74, 6) is 5.44. The van der Waals surface area contributed by atoms with Gasteiger partial charge in [-0.3, -0.25) is 10.6 Å². The highest BCUT2D eigenvalue weighted by Gasteiger charge is 2.30. The average Bonchev–Trinajstić information content (AvgIpc) is 2.67. The number of halogens is 5. The van der Waals surface area contributed by atoms with E-state index in [1.54, 1.807) is 0 Å². The normalized spacial score (nSPS) is 11.3. The summed E-state index contributed by atoms with van der Waals surface area (Å²) < 4.78 is 47.6. The summed E-state index contributed by atoms with van der Waals surface area (Å²) in [5.41, 5.74) is 3.15. The van der Waals surface area contributed by atoms with Crippen molar-refractivity contribution in [3.05, 3.63) is 80.7 Å². The molecular weight excluding hydrogens is 446 g/mol. The van der Waals surface area contributed by atoms with E-state index >= 15 is 0 Å². The molecule has 0 bridgehead atoms. The van der Waals surface area contributed by atoms with Crippen LogP contribution in [0.3, 0.4) is 0 Å². The summed E-state index contributed by atoms with van der Waals surface area (Å²) in [4.78, 5) is 12.2. The number of hydrogen-bond donors (Lipinski definition) is 2. The molecule has 0 aliphatic rings. The zero-order valence-corrected chi connectivity index (χ0v) is 16.6. The summed E-state index contributed by atoms with van der Waals surface area (Å²) in [5, 5.41) is 0.405. The lowest BCUT2D eigenvalue weighted by molar-refractivity contribution is -0.274. The predicted octanol–water partition coefficient (Wildman–Crippen LogP) is 5.18. The Morgan fingerprint density at radius 1 is 1.00 bits per heavy atom. The van der Waals surface area contributed by atoms with E-state index in [0.717, 1.165) is 0 Å². The lowest BCUT2D eigenvalue weighted by Crippen LogP contribution is -2.19. The topological polar surface area (TPSA) is 78.5 Å². The van der Waals surface area contributed by atoms with E-state index in [1.165, 1.54) is 59.3 Å². The number of pyridine rings is 1. The molecule has 0 unspecified atom stereocenters. The SMILES string of the molecule is NNc1cc(Cl)c(Oc2ccc(=O)n(Cc3ccc(OC(F)(F)F)cc3)c2)c(Cl)c1. The number of nitrogens with one attached hydrogen (secondary N) is 1. The van der Waals surface area contributed by atoms with Crippen LogP contribution in [-0.2, 0) is 6.54 Å². The molecule has 3 aromatic rings. The number of rotatable bonds is 6. The van der Waals surface area contributed by atoms with Gasteiger partial charge in [0.25, 0.3) is 5.56 Å². The van der Waals surface area contributed by atoms with Gasteiger partial charge in [-0.1, -0.05) is 35.3 Å². The van der Waals surface area contributed by atoms with Gasteiger partial charge >= 0.3 is 6.36 Å². The van der Waals surface area contributed by atoms with E-state index in [4.69, 9.17) is 33.8 Å². The molecule has 1 aromatic heterocycles. The highest BCUT2D eigenvalue weighted by atomic mass is 35.5. The number of benzene rings is 2. The van der Waals surface area contributed by atoms with Crippen LogP contribution in [0.5, 0.6) is 17.2 Å². The predicted molar refractivity (Wildman–Crippen MR) is 107 cm³/mol. The first-order chi connectivity index (χ1) is 14.1. The molecule has 0 radical (unpaired) electrons. The number of anilines is 1. The van der Waals surface area contributed by atoms with E-state index in [2.05, 4.69) is 10.2 Å². The fraction of sp³-hybridized carbons (Fsp3) is 0.105. The molecule has 0 amide bonds. The van der Waals surface area contributed by atoms with Crippen molar-refractivity contribution in [2.24, 2.45) is 5.84 Å². The van der Waals surface area contributed by atoms with Crippen LogP contribution in [0.4, 0.5) is 18.9 Å². The fourth-order valence-electron chi connectivity index (χ4n) is 2.55. The molecule has 0 fully saturated rings. The molecule has 0 aliphatic heterocycles. The van der Waals surface area contributed by atoms with E-state index in [0.29, 0.717) is 11.3 Å². The van der Waals surface area contributed by atoms with Crippen molar-refractivity contribution >= 4 is 28.9 Å². The molecule has 1 heterocycles. The molecule has 0 spiro atoms. The first-order valence-corrected chi connectivity index (χ1v) is 9.09. The minimum Gasteiger partial charge on any atom is -0.453 e. The summed E-state index contributed by atoms with van der Waals surface area (Å²) in [6.07, 6.45) is -3.34. The maximum atomic E-state index is 12.3. The van der Waals surface area contributed by atoms with Gasteiger partial charge in [0.15, 0.2) is 5.75 Å². The monoisotopic (exact) mass is 459 g/mol. The zero-order chi connectivity index (χ0) is 21.9. The Balaban J connectivity index is 1.80. The zero-order valence-electron chi connectivity index (χ0n) is 15.0. The summed E-state index contributed by atoms with van der Waals surface area (Å²) in [6.45, 7) is 0.0971. The Kier molecular flexibility index (Phi) is 6.45. The van der Waals surface area contributed by atoms with Crippen LogP contribution in [0, 0.1) is 0 Å². The number of hydrogen-bond acceptors (Lipinski definition) is 5. The first-order valence-electron chi connectivity index (χ1n) is 8.33. The number of nitrogens with two attached hydrogens (primary N) is 1. The number of hydrazine groups is 1. The number of alkyl halides is 3. The second-order valence-electron chi connectivity index (χ2n) is 6.04. The van der Waals surface area contributed by atoms with Gasteiger partial charge in [0.2, 0.25) is 0 Å². The van der Waals surface area contributed by atoms with Crippen molar-refractivity contribution in [3.8, 4) is 17.2 Å². The highest BCUT2D eigenvalue weighted by Crippen LogP contribution is 2.38. The average molecular weight is 460 g/mol. The van der Waals surface area contributed by atoms with Gasteiger partial charge in [-0.15, -0.1) is 13.2 Å². The summed E-state index contributed by atoms with van der Waals surface area (Å²) in [6, 6.07) is 10.9. The Morgan fingerprint density at radius 2 is 1.60 bits per heavy atom. The Hall–Kier alpha value is -2.88. The standard InChI is InChI=1S/C19H14Cl2F3N3O3/c20-15-7-12(26-25)8-16(21)18(15)29-14-5-6-17(28)27(10-14)9-11-1-3-13(4-2-11)30-19(22,23)24/h1-8,10,26H,9,25H2. The molecule has 158 valence electrons. The van der Waals surface area contributed by atoms with Crippen molar-refractivity contribution in [2.45, 2.75) is 12.9 Å². The van der Waals surface area contributed by atoms with Crippen molar-refractivity contribution in [2.75, 3.05) is 5.43 Å². The lowest BCUT2D eigenvalue weighted by atomic mass is 10.2. The van der Waals surface area contributed by atoms with Gasteiger partial charge in [-0.2, -0.15) is 0 Å². The smallest absolute Gasteiger partial charge is 0.453 e. The molecule has 3 N–H and O–H groups in total. The van der Waals surface area contributed by atoms with Crippen LogP contribution in [0.15, 0.2) is 59.5 Å². The third kappa shape index (κ3) is 5.59. The molecule has 0 aliphatic carbocycles. The molecule has 30 heavy (non-hydrogen) atoms. The van der Waals surface area contributed by atoms with Crippen LogP contribution in [0.1, 0.15) is 5.56 Å².